The summed E-state index contributed by atoms with van der Waals surface area (Å²) in [4.78, 5) is 25.8. The Morgan fingerprint density at radius 3 is 2.41 bits per heavy atom. The summed E-state index contributed by atoms with van der Waals surface area (Å²) >= 11 is 0. The van der Waals surface area contributed by atoms with Gasteiger partial charge >= 0.3 is 6.03 Å². The fourth-order valence-electron chi connectivity index (χ4n) is 2.77. The number of imide groups is 1. The van der Waals surface area contributed by atoms with E-state index in [1.807, 2.05) is 24.3 Å². The molecular weight excluding hydrogens is 280 g/mol. The van der Waals surface area contributed by atoms with Gasteiger partial charge in [0.1, 0.15) is 5.54 Å². The van der Waals surface area contributed by atoms with Crippen molar-refractivity contribution < 1.29 is 14.7 Å². The van der Waals surface area contributed by atoms with Crippen LogP contribution >= 0.6 is 0 Å². The van der Waals surface area contributed by atoms with Gasteiger partial charge in [0.25, 0.3) is 5.91 Å². The highest BCUT2D eigenvalue weighted by Crippen LogP contribution is 2.29. The first-order valence-electron chi connectivity index (χ1n) is 7.73. The SMILES string of the molecule is CC(C)Cc1ccc(C2(C)NC(=O)N(CCCO)C2=O)cc1. The van der Waals surface area contributed by atoms with E-state index < -0.39 is 11.6 Å². The Hall–Kier alpha value is -1.88. The zero-order valence-electron chi connectivity index (χ0n) is 13.4. The topological polar surface area (TPSA) is 69.6 Å². The van der Waals surface area contributed by atoms with Crippen LogP contribution in [0.1, 0.15) is 38.3 Å². The lowest BCUT2D eigenvalue weighted by Crippen LogP contribution is -2.41. The summed E-state index contributed by atoms with van der Waals surface area (Å²) in [6.45, 7) is 6.24. The molecule has 1 heterocycles. The molecule has 1 atom stereocenters. The molecule has 0 bridgehead atoms. The monoisotopic (exact) mass is 304 g/mol. The molecule has 2 N–H and O–H groups in total. The van der Waals surface area contributed by atoms with Crippen LogP contribution in [0.25, 0.3) is 0 Å². The van der Waals surface area contributed by atoms with Gasteiger partial charge in [0, 0.05) is 13.2 Å². The number of carbonyl (C=O) groups excluding carboxylic acids is 2. The molecule has 0 aliphatic carbocycles. The van der Waals surface area contributed by atoms with Crippen LogP contribution < -0.4 is 5.32 Å². The second kappa shape index (κ2) is 6.48. The third kappa shape index (κ3) is 3.14. The second-order valence-corrected chi connectivity index (χ2v) is 6.38. The van der Waals surface area contributed by atoms with E-state index in [0.29, 0.717) is 12.3 Å². The van der Waals surface area contributed by atoms with Crippen molar-refractivity contribution in [2.45, 2.75) is 39.2 Å². The Labute approximate surface area is 131 Å². The molecule has 0 spiro atoms. The fraction of sp³-hybridized carbons (Fsp3) is 0.529. The highest BCUT2D eigenvalue weighted by atomic mass is 16.3. The van der Waals surface area contributed by atoms with E-state index in [9.17, 15) is 9.59 Å². The summed E-state index contributed by atoms with van der Waals surface area (Å²) in [5, 5.41) is 11.7. The normalized spacial score (nSPS) is 21.6. The molecule has 2 rings (SSSR count). The van der Waals surface area contributed by atoms with E-state index >= 15 is 0 Å². The van der Waals surface area contributed by atoms with Gasteiger partial charge in [-0.05, 0) is 36.8 Å². The van der Waals surface area contributed by atoms with Gasteiger partial charge in [0.15, 0.2) is 0 Å². The molecule has 0 radical (unpaired) electrons. The van der Waals surface area contributed by atoms with Crippen molar-refractivity contribution in [3.63, 3.8) is 0 Å². The molecule has 5 nitrogen and oxygen atoms in total. The third-order valence-electron chi connectivity index (χ3n) is 3.99. The van der Waals surface area contributed by atoms with Gasteiger partial charge in [-0.15, -0.1) is 0 Å². The van der Waals surface area contributed by atoms with E-state index in [4.69, 9.17) is 5.11 Å². The Morgan fingerprint density at radius 1 is 1.23 bits per heavy atom. The molecular formula is C17H24N2O3. The highest BCUT2D eigenvalue weighted by molar-refractivity contribution is 6.07. The minimum atomic E-state index is -1.02. The van der Waals surface area contributed by atoms with E-state index in [-0.39, 0.29) is 19.1 Å². The molecule has 0 aromatic heterocycles. The van der Waals surface area contributed by atoms with Crippen LogP contribution in [0.5, 0.6) is 0 Å². The van der Waals surface area contributed by atoms with Crippen LogP contribution in [-0.2, 0) is 16.8 Å². The summed E-state index contributed by atoms with van der Waals surface area (Å²) in [6.07, 6.45) is 1.38. The molecule has 120 valence electrons. The van der Waals surface area contributed by atoms with Gasteiger partial charge < -0.3 is 10.4 Å². The molecule has 1 aliphatic rings. The molecule has 1 saturated heterocycles. The Bertz CT molecular complexity index is 554. The largest absolute Gasteiger partial charge is 0.396 e. The van der Waals surface area contributed by atoms with Crippen molar-refractivity contribution >= 4 is 11.9 Å². The van der Waals surface area contributed by atoms with Crippen LogP contribution in [0.3, 0.4) is 0 Å². The first-order valence-corrected chi connectivity index (χ1v) is 7.73. The Balaban J connectivity index is 2.20. The van der Waals surface area contributed by atoms with E-state index in [2.05, 4.69) is 19.2 Å². The number of nitrogens with zero attached hydrogens (tertiary/aromatic N) is 1. The summed E-state index contributed by atoms with van der Waals surface area (Å²) in [5.74, 6) is 0.311. The molecule has 1 fully saturated rings. The number of aliphatic hydroxyl groups excluding tert-OH is 1. The van der Waals surface area contributed by atoms with Crippen molar-refractivity contribution in [2.24, 2.45) is 5.92 Å². The van der Waals surface area contributed by atoms with Gasteiger partial charge in [-0.3, -0.25) is 9.69 Å². The maximum absolute atomic E-state index is 12.6. The standard InChI is InChI=1S/C17H24N2O3/c1-12(2)11-13-5-7-14(8-6-13)17(3)15(21)19(9-4-10-20)16(22)18-17/h5-8,12,20H,4,9-11H2,1-3H3,(H,18,22). The van der Waals surface area contributed by atoms with Crippen molar-refractivity contribution in [1.29, 1.82) is 0 Å². The van der Waals surface area contributed by atoms with Gasteiger partial charge in [0.05, 0.1) is 0 Å². The third-order valence-corrected chi connectivity index (χ3v) is 3.99. The molecule has 1 unspecified atom stereocenters. The van der Waals surface area contributed by atoms with Crippen LogP contribution in [-0.4, -0.2) is 35.1 Å². The zero-order valence-corrected chi connectivity index (χ0v) is 13.4. The van der Waals surface area contributed by atoms with Crippen molar-refractivity contribution in [1.82, 2.24) is 10.2 Å². The van der Waals surface area contributed by atoms with Crippen LogP contribution in [0.15, 0.2) is 24.3 Å². The van der Waals surface area contributed by atoms with E-state index in [0.717, 1.165) is 12.0 Å². The van der Waals surface area contributed by atoms with Gasteiger partial charge in [0.2, 0.25) is 0 Å². The minimum absolute atomic E-state index is 0.0440. The number of aliphatic hydroxyl groups is 1. The maximum Gasteiger partial charge on any atom is 0.325 e. The smallest absolute Gasteiger partial charge is 0.325 e. The van der Waals surface area contributed by atoms with Crippen molar-refractivity contribution in [3.05, 3.63) is 35.4 Å². The number of rotatable bonds is 6. The molecule has 22 heavy (non-hydrogen) atoms. The average Bonchev–Trinajstić information content (AvgIpc) is 2.68. The van der Waals surface area contributed by atoms with Crippen LogP contribution in [0.4, 0.5) is 4.79 Å². The zero-order chi connectivity index (χ0) is 16.3. The number of benzene rings is 1. The summed E-state index contributed by atoms with van der Waals surface area (Å²) in [6, 6.07) is 7.44. The van der Waals surface area contributed by atoms with E-state index in [1.165, 1.54) is 10.5 Å². The lowest BCUT2D eigenvalue weighted by Gasteiger charge is -2.22. The Kier molecular flexibility index (Phi) is 4.86. The van der Waals surface area contributed by atoms with Crippen LogP contribution in [0, 0.1) is 5.92 Å². The van der Waals surface area contributed by atoms with Crippen LogP contribution in [0.2, 0.25) is 0 Å². The number of nitrogens with one attached hydrogen (secondary N) is 1. The van der Waals surface area contributed by atoms with E-state index in [1.54, 1.807) is 6.92 Å². The number of carbonyl (C=O) groups is 2. The number of hydrogen-bond acceptors (Lipinski definition) is 3. The average molecular weight is 304 g/mol. The number of hydrogen-bond donors (Lipinski definition) is 2. The highest BCUT2D eigenvalue weighted by Gasteiger charge is 2.48. The van der Waals surface area contributed by atoms with Crippen molar-refractivity contribution in [2.75, 3.05) is 13.2 Å². The fourth-order valence-corrected chi connectivity index (χ4v) is 2.77. The summed E-state index contributed by atoms with van der Waals surface area (Å²) in [7, 11) is 0. The lowest BCUT2D eigenvalue weighted by molar-refractivity contribution is -0.131. The summed E-state index contributed by atoms with van der Waals surface area (Å²) in [5.41, 5.74) is 0.976. The molecule has 1 aliphatic heterocycles. The van der Waals surface area contributed by atoms with Gasteiger partial charge in [-0.1, -0.05) is 38.1 Å². The quantitative estimate of drug-likeness (QED) is 0.790. The molecule has 1 aromatic carbocycles. The predicted octanol–water partition coefficient (Wildman–Crippen LogP) is 2.03. The van der Waals surface area contributed by atoms with Crippen molar-refractivity contribution in [3.8, 4) is 0 Å². The number of amides is 3. The summed E-state index contributed by atoms with van der Waals surface area (Å²) < 4.78 is 0. The minimum Gasteiger partial charge on any atom is -0.396 e. The molecule has 1 aromatic rings. The lowest BCUT2D eigenvalue weighted by atomic mass is 9.90. The first kappa shape index (κ1) is 16.5. The maximum atomic E-state index is 12.6. The van der Waals surface area contributed by atoms with Gasteiger partial charge in [-0.25, -0.2) is 4.79 Å². The van der Waals surface area contributed by atoms with Gasteiger partial charge in [-0.2, -0.15) is 0 Å². The first-order chi connectivity index (χ1) is 10.4. The second-order valence-electron chi connectivity index (χ2n) is 6.38. The predicted molar refractivity (Wildman–Crippen MR) is 84.3 cm³/mol. The number of urea groups is 1. The Morgan fingerprint density at radius 2 is 1.86 bits per heavy atom. The molecule has 3 amide bonds. The molecule has 5 heteroatoms. The molecule has 0 saturated carbocycles.